The van der Waals surface area contributed by atoms with E-state index in [9.17, 15) is 28.8 Å². The highest BCUT2D eigenvalue weighted by molar-refractivity contribution is 8.76. The van der Waals surface area contributed by atoms with E-state index in [4.69, 9.17) is 29.8 Å². The Balaban J connectivity index is 0.879. The molecule has 6 amide bonds. The van der Waals surface area contributed by atoms with Gasteiger partial charge in [0.25, 0.3) is 11.8 Å². The van der Waals surface area contributed by atoms with Crippen molar-refractivity contribution in [1.29, 1.82) is 0 Å². The van der Waals surface area contributed by atoms with Gasteiger partial charge in [-0.25, -0.2) is 0 Å². The summed E-state index contributed by atoms with van der Waals surface area (Å²) in [6, 6.07) is 27.4. The molecule has 76 heavy (non-hydrogen) atoms. The molecule has 0 aliphatic carbocycles. The summed E-state index contributed by atoms with van der Waals surface area (Å²) in [7, 11) is 5.74. The molecule has 0 aromatic heterocycles. The molecule has 0 bridgehead atoms. The summed E-state index contributed by atoms with van der Waals surface area (Å²) in [4.78, 5) is 89.9. The van der Waals surface area contributed by atoms with Crippen molar-refractivity contribution in [1.82, 2.24) is 20.8 Å². The van der Waals surface area contributed by atoms with Gasteiger partial charge < -0.3 is 50.4 Å². The van der Waals surface area contributed by atoms with Crippen LogP contribution in [-0.4, -0.2) is 98.9 Å². The lowest BCUT2D eigenvalue weighted by molar-refractivity contribution is -0.128. The Morgan fingerprint density at radius 2 is 1.29 bits per heavy atom. The van der Waals surface area contributed by atoms with Crippen LogP contribution in [0.2, 0.25) is 0 Å². The molecule has 0 radical (unpaired) electrons. The number of fused-ring (bicyclic) bond motifs is 8. The highest BCUT2D eigenvalue weighted by Crippen LogP contribution is 2.43. The summed E-state index contributed by atoms with van der Waals surface area (Å²) in [6.45, 7) is 3.25. The number of hydrogen-bond acceptors (Lipinski definition) is 16. The molecular formula is C54H58N10O10S2. The number of carbonyl (C=O) groups is 6. The number of anilines is 4. The zero-order valence-electron chi connectivity index (χ0n) is 42.3. The Kier molecular flexibility index (Phi) is 16.3. The van der Waals surface area contributed by atoms with Crippen LogP contribution in [0.3, 0.4) is 0 Å². The van der Waals surface area contributed by atoms with E-state index in [-0.39, 0.29) is 60.7 Å². The second-order valence-electron chi connectivity index (χ2n) is 19.0. The molecule has 22 heteroatoms. The highest BCUT2D eigenvalue weighted by Gasteiger charge is 2.39. The lowest BCUT2D eigenvalue weighted by Crippen LogP contribution is -2.43. The number of aliphatic imine (C=N–C) groups is 1. The maximum Gasteiger partial charge on any atom is 0.261 e. The van der Waals surface area contributed by atoms with Crippen molar-refractivity contribution in [2.75, 3.05) is 60.8 Å². The molecule has 0 unspecified atom stereocenters. The van der Waals surface area contributed by atoms with E-state index in [0.717, 1.165) is 28.9 Å². The first-order valence-corrected chi connectivity index (χ1v) is 26.7. The topological polar surface area (TPSA) is 256 Å². The van der Waals surface area contributed by atoms with Gasteiger partial charge in [0.15, 0.2) is 23.0 Å². The van der Waals surface area contributed by atoms with Crippen molar-refractivity contribution in [2.45, 2.75) is 69.6 Å². The largest absolute Gasteiger partial charge is 0.493 e. The fourth-order valence-electron chi connectivity index (χ4n) is 9.47. The predicted molar refractivity (Wildman–Crippen MR) is 293 cm³/mol. The van der Waals surface area contributed by atoms with Crippen LogP contribution >= 0.6 is 21.8 Å². The minimum Gasteiger partial charge on any atom is -0.493 e. The maximum absolute atomic E-state index is 14.1. The number of nitrogens with zero attached hydrogens (tertiary/aromatic N) is 3. The van der Waals surface area contributed by atoms with Crippen molar-refractivity contribution in [2.24, 2.45) is 10.8 Å². The van der Waals surface area contributed by atoms with Crippen LogP contribution in [0.25, 0.3) is 0 Å². The number of methoxy groups -OCH3 is 2. The van der Waals surface area contributed by atoms with Crippen LogP contribution in [0.15, 0.2) is 96.0 Å². The van der Waals surface area contributed by atoms with Gasteiger partial charge in [-0.15, -0.1) is 0 Å². The van der Waals surface area contributed by atoms with Gasteiger partial charge in [-0.3, -0.25) is 44.5 Å². The molecular weight excluding hydrogens is 1010 g/mol. The summed E-state index contributed by atoms with van der Waals surface area (Å²) in [5, 5.41) is 13.8. The number of carbonyl (C=O) groups excluding carboxylic acids is 6. The Hall–Kier alpha value is -7.79. The molecule has 4 aliphatic rings. The molecule has 9 rings (SSSR count). The maximum atomic E-state index is 14.1. The second kappa shape index (κ2) is 23.4. The summed E-state index contributed by atoms with van der Waals surface area (Å²) in [5.74, 6) is 4.24. The first-order valence-electron chi connectivity index (χ1n) is 24.5. The SMILES string of the molecule is COc1cc2c(cc1OCc1cc(COc3cc4c(cc3OC)C(=O)N3c5ccccc5C[C@H]3CN4)cc(NC(=O)CNC(=O)CNC(=O)CNC(=O)CCC(C)(C)SSNN)c1)N=C[C@@H]1Cc3ccccc3N1C2=O. The van der Waals surface area contributed by atoms with E-state index in [1.54, 1.807) is 47.5 Å². The molecule has 0 saturated heterocycles. The van der Waals surface area contributed by atoms with Gasteiger partial charge in [0.1, 0.15) is 13.2 Å². The molecule has 2 atom stereocenters. The van der Waals surface area contributed by atoms with Crippen LogP contribution in [0.5, 0.6) is 23.0 Å². The van der Waals surface area contributed by atoms with E-state index >= 15 is 0 Å². The summed E-state index contributed by atoms with van der Waals surface area (Å²) < 4.78 is 24.1. The second-order valence-corrected chi connectivity index (χ2v) is 21.7. The highest BCUT2D eigenvalue weighted by atomic mass is 33.1. The normalized spacial score (nSPS) is 15.8. The molecule has 396 valence electrons. The molecule has 0 saturated carbocycles. The average molecular weight is 1070 g/mol. The Bertz CT molecular complexity index is 3120. The minimum absolute atomic E-state index is 0.0126. The van der Waals surface area contributed by atoms with Gasteiger partial charge in [0, 0.05) is 70.5 Å². The van der Waals surface area contributed by atoms with E-state index in [2.05, 4.69) is 31.4 Å². The van der Waals surface area contributed by atoms with Crippen molar-refractivity contribution < 1.29 is 47.7 Å². The summed E-state index contributed by atoms with van der Waals surface area (Å²) >= 11 is 0. The molecule has 5 aromatic rings. The fourth-order valence-corrected chi connectivity index (χ4v) is 11.0. The van der Waals surface area contributed by atoms with Crippen molar-refractivity contribution in [3.05, 3.63) is 124 Å². The number of benzene rings is 5. The van der Waals surface area contributed by atoms with Gasteiger partial charge in [-0.2, -0.15) is 4.83 Å². The van der Waals surface area contributed by atoms with Gasteiger partial charge >= 0.3 is 0 Å². The van der Waals surface area contributed by atoms with Crippen molar-refractivity contribution in [3.8, 4) is 23.0 Å². The molecule has 8 N–H and O–H groups in total. The number of ether oxygens (including phenoxy) is 4. The summed E-state index contributed by atoms with van der Waals surface area (Å²) in [5.41, 5.74) is 7.33. The van der Waals surface area contributed by atoms with E-state index in [1.165, 1.54) is 36.0 Å². The monoisotopic (exact) mass is 1070 g/mol. The smallest absolute Gasteiger partial charge is 0.261 e. The number of hydrogen-bond donors (Lipinski definition) is 7. The Morgan fingerprint density at radius 3 is 1.95 bits per heavy atom. The zero-order chi connectivity index (χ0) is 53.5. The molecule has 4 aliphatic heterocycles. The number of para-hydroxylation sites is 2. The Morgan fingerprint density at radius 1 is 0.711 bits per heavy atom. The zero-order valence-corrected chi connectivity index (χ0v) is 43.9. The number of nitrogens with two attached hydrogens (primary N) is 1. The standard InChI is InChI=1S/C54H58N10O10S2/c1-54(2,75-76-62-55)14-13-48(65)58-26-49(66)59-27-50(67)60-28-51(68)61-35-16-31(29-73-46-22-40-38(20-44(46)71-3)52(69)63-36(24-56-40)18-33-9-5-7-11-42(33)63)15-32(17-35)30-74-47-23-41-39(21-45(47)72-4)53(70)64-37(25-57-41)19-34-10-6-8-12-43(34)64/h5-12,15-17,20-24,36-37,57,62H,13-14,18-19,25-30,55H2,1-4H3,(H,58,65)(H,59,66)(H,60,67)(H,61,68)/t36-,37-/m0/s1. The molecule has 0 spiro atoms. The molecule has 20 nitrogen and oxygen atoms in total. The quantitative estimate of drug-likeness (QED) is 0.0200. The van der Waals surface area contributed by atoms with Crippen LogP contribution in [0.1, 0.15) is 69.7 Å². The number of hydrazine groups is 1. The molecule has 5 aromatic carbocycles. The summed E-state index contributed by atoms with van der Waals surface area (Å²) in [6.07, 6.45) is 3.88. The van der Waals surface area contributed by atoms with Crippen LogP contribution in [0, 0.1) is 0 Å². The third kappa shape index (κ3) is 12.2. The first kappa shape index (κ1) is 53.1. The third-order valence-corrected chi connectivity index (χ3v) is 15.9. The van der Waals surface area contributed by atoms with E-state index in [0.29, 0.717) is 81.7 Å². The number of nitrogens with one attached hydrogen (secondary N) is 6. The number of amides is 6. The van der Waals surface area contributed by atoms with E-state index < -0.39 is 30.8 Å². The lowest BCUT2D eigenvalue weighted by Gasteiger charge is -2.22. The minimum atomic E-state index is -0.627. The molecule has 4 heterocycles. The Labute approximate surface area is 447 Å². The predicted octanol–water partition coefficient (Wildman–Crippen LogP) is 5.75. The first-order chi connectivity index (χ1) is 36.7. The van der Waals surface area contributed by atoms with Crippen LogP contribution < -0.4 is 66.0 Å². The fraction of sp³-hybridized carbons (Fsp3) is 0.315. The van der Waals surface area contributed by atoms with Crippen molar-refractivity contribution >= 4 is 91.9 Å². The van der Waals surface area contributed by atoms with Crippen LogP contribution in [0.4, 0.5) is 28.4 Å². The van der Waals surface area contributed by atoms with Gasteiger partial charge in [-0.1, -0.05) is 47.2 Å². The lowest BCUT2D eigenvalue weighted by atomic mass is 10.1. The van der Waals surface area contributed by atoms with Gasteiger partial charge in [0.2, 0.25) is 23.6 Å². The van der Waals surface area contributed by atoms with Crippen LogP contribution in [-0.2, 0) is 45.2 Å². The number of rotatable bonds is 21. The van der Waals surface area contributed by atoms with Gasteiger partial charge in [-0.05, 0) is 91.4 Å². The van der Waals surface area contributed by atoms with Crippen molar-refractivity contribution in [3.63, 3.8) is 0 Å². The van der Waals surface area contributed by atoms with E-state index in [1.807, 2.05) is 73.3 Å². The third-order valence-electron chi connectivity index (χ3n) is 13.2. The van der Waals surface area contributed by atoms with Gasteiger partial charge in [0.05, 0.1) is 68.4 Å². The molecule has 0 fully saturated rings. The average Bonchev–Trinajstić information content (AvgIpc) is 3.94.